The SMILES string of the molecule is COc1cc(-c2csc3c(C=CC(=O)NCCn4c(O)csc4=O)cnc(N)c23)ccc1NC(=O)c1cc2ccccc2n1C. The van der Waals surface area contributed by atoms with Gasteiger partial charge in [0.05, 0.1) is 18.2 Å². The number of aromatic hydroxyl groups is 1. The highest BCUT2D eigenvalue weighted by Crippen LogP contribution is 2.41. The summed E-state index contributed by atoms with van der Waals surface area (Å²) < 4.78 is 9.55. The summed E-state index contributed by atoms with van der Waals surface area (Å²) in [6.45, 7) is 0.330. The van der Waals surface area contributed by atoms with Gasteiger partial charge < -0.3 is 30.8 Å². The van der Waals surface area contributed by atoms with Gasteiger partial charge in [-0.1, -0.05) is 35.6 Å². The number of nitrogen functional groups attached to an aromatic ring is 1. The summed E-state index contributed by atoms with van der Waals surface area (Å²) in [6.07, 6.45) is 4.65. The quantitative estimate of drug-likeness (QED) is 0.161. The Morgan fingerprint density at radius 1 is 1.13 bits per heavy atom. The van der Waals surface area contributed by atoms with Crippen LogP contribution in [0.2, 0.25) is 0 Å². The number of thiophene rings is 1. The van der Waals surface area contributed by atoms with Crippen molar-refractivity contribution in [3.8, 4) is 22.8 Å². The van der Waals surface area contributed by atoms with Gasteiger partial charge in [-0.25, -0.2) is 4.98 Å². The number of para-hydroxylation sites is 1. The first-order chi connectivity index (χ1) is 21.7. The van der Waals surface area contributed by atoms with E-state index in [2.05, 4.69) is 15.6 Å². The molecule has 2 aromatic carbocycles. The Balaban J connectivity index is 1.21. The van der Waals surface area contributed by atoms with Crippen molar-refractivity contribution in [1.82, 2.24) is 19.4 Å². The second-order valence-electron chi connectivity index (χ2n) is 10.1. The molecule has 0 saturated heterocycles. The summed E-state index contributed by atoms with van der Waals surface area (Å²) in [5.74, 6) is 0.0854. The van der Waals surface area contributed by atoms with Gasteiger partial charge in [-0.2, -0.15) is 0 Å². The maximum absolute atomic E-state index is 13.2. The summed E-state index contributed by atoms with van der Waals surface area (Å²) in [4.78, 5) is 41.5. The molecular weight excluding hydrogens is 613 g/mol. The number of aromatic nitrogens is 3. The van der Waals surface area contributed by atoms with Crippen molar-refractivity contribution in [2.75, 3.05) is 24.7 Å². The first-order valence-electron chi connectivity index (χ1n) is 13.8. The van der Waals surface area contributed by atoms with E-state index in [9.17, 15) is 19.5 Å². The molecule has 5 N–H and O–H groups in total. The Kier molecular flexibility index (Phi) is 8.11. The Labute approximate surface area is 264 Å². The number of ether oxygens (including phenoxy) is 1. The average molecular weight is 641 g/mol. The highest BCUT2D eigenvalue weighted by atomic mass is 32.1. The van der Waals surface area contributed by atoms with E-state index < -0.39 is 0 Å². The van der Waals surface area contributed by atoms with Crippen LogP contribution in [0.25, 0.3) is 38.2 Å². The van der Waals surface area contributed by atoms with Crippen molar-refractivity contribution >= 4 is 73.1 Å². The highest BCUT2D eigenvalue weighted by molar-refractivity contribution is 7.18. The zero-order valence-corrected chi connectivity index (χ0v) is 25.9. The van der Waals surface area contributed by atoms with E-state index in [1.807, 2.05) is 59.5 Å². The molecule has 0 fully saturated rings. The summed E-state index contributed by atoms with van der Waals surface area (Å²) in [5, 5.41) is 20.4. The minimum absolute atomic E-state index is 0.128. The number of rotatable bonds is 9. The third kappa shape index (κ3) is 5.78. The van der Waals surface area contributed by atoms with Gasteiger partial charge in [0.25, 0.3) is 5.91 Å². The number of nitrogens with one attached hydrogen (secondary N) is 2. The van der Waals surface area contributed by atoms with Gasteiger partial charge in [-0.3, -0.25) is 19.0 Å². The van der Waals surface area contributed by atoms with Gasteiger partial charge in [-0.15, -0.1) is 11.3 Å². The van der Waals surface area contributed by atoms with E-state index >= 15 is 0 Å². The molecule has 4 heterocycles. The first kappa shape index (κ1) is 29.7. The number of anilines is 2. The lowest BCUT2D eigenvalue weighted by molar-refractivity contribution is -0.116. The fourth-order valence-electron chi connectivity index (χ4n) is 5.12. The Hall–Kier alpha value is -5.40. The molecule has 0 aliphatic carbocycles. The van der Waals surface area contributed by atoms with Gasteiger partial charge in [0.2, 0.25) is 11.8 Å². The van der Waals surface area contributed by atoms with Crippen molar-refractivity contribution in [1.29, 1.82) is 0 Å². The molecule has 0 saturated carbocycles. The number of nitrogens with two attached hydrogens (primary N) is 1. The number of pyridine rings is 1. The second-order valence-corrected chi connectivity index (χ2v) is 11.8. The Morgan fingerprint density at radius 2 is 1.96 bits per heavy atom. The molecule has 11 nitrogen and oxygen atoms in total. The second kappa shape index (κ2) is 12.3. The Bertz CT molecular complexity index is 2170. The van der Waals surface area contributed by atoms with Gasteiger partial charge in [0, 0.05) is 64.5 Å². The van der Waals surface area contributed by atoms with Crippen molar-refractivity contribution < 1.29 is 19.4 Å². The number of methoxy groups -OCH3 is 1. The topological polar surface area (TPSA) is 154 Å². The average Bonchev–Trinajstić information content (AvgIpc) is 3.73. The van der Waals surface area contributed by atoms with E-state index in [-0.39, 0.29) is 35.7 Å². The molecule has 0 radical (unpaired) electrons. The zero-order valence-electron chi connectivity index (χ0n) is 24.2. The van der Waals surface area contributed by atoms with Crippen LogP contribution in [0.4, 0.5) is 11.5 Å². The largest absolute Gasteiger partial charge is 0.495 e. The van der Waals surface area contributed by atoms with Gasteiger partial charge in [-0.05, 0) is 41.3 Å². The third-order valence-electron chi connectivity index (χ3n) is 7.41. The van der Waals surface area contributed by atoms with Crippen LogP contribution >= 0.6 is 22.7 Å². The van der Waals surface area contributed by atoms with Crippen LogP contribution in [0.5, 0.6) is 11.6 Å². The van der Waals surface area contributed by atoms with E-state index in [0.717, 1.165) is 43.5 Å². The van der Waals surface area contributed by atoms with Crippen molar-refractivity contribution in [2.45, 2.75) is 6.54 Å². The van der Waals surface area contributed by atoms with Crippen LogP contribution in [-0.4, -0.2) is 44.7 Å². The molecule has 0 atom stereocenters. The Morgan fingerprint density at radius 3 is 2.71 bits per heavy atom. The van der Waals surface area contributed by atoms with E-state index in [1.165, 1.54) is 27.4 Å². The number of thiazole rings is 1. The lowest BCUT2D eigenvalue weighted by atomic mass is 10.0. The standard InChI is InChI=1S/C32H28N6O5S2/c1-37-23-6-4-3-5-19(23)13-24(37)31(41)36-22-9-7-18(14-25(22)43-2)21-16-44-29-20(15-35-30(33)28(21)29)8-10-26(39)34-11-12-38-27(40)17-45-32(38)42/h3-10,13-17,40H,11-12H2,1-2H3,(H2,33,35)(H,34,39)(H,36,41). The number of nitrogens with zero attached hydrogens (tertiary/aromatic N) is 3. The van der Waals surface area contributed by atoms with Crippen LogP contribution in [0, 0.1) is 0 Å². The molecular formula is C32H28N6O5S2. The fraction of sp³-hybridized carbons (Fsp3) is 0.125. The van der Waals surface area contributed by atoms with Crippen LogP contribution in [0.1, 0.15) is 16.1 Å². The molecule has 0 aliphatic heterocycles. The van der Waals surface area contributed by atoms with E-state index in [1.54, 1.807) is 25.4 Å². The fourth-order valence-corrected chi connectivity index (χ4v) is 6.84. The number of aryl methyl sites for hydroxylation is 1. The molecule has 0 aliphatic rings. The number of fused-ring (bicyclic) bond motifs is 2. The smallest absolute Gasteiger partial charge is 0.310 e. The molecule has 6 rings (SSSR count). The number of carbonyl (C=O) groups is 2. The van der Waals surface area contributed by atoms with Crippen molar-refractivity contribution in [2.24, 2.45) is 7.05 Å². The number of hydrogen-bond donors (Lipinski definition) is 4. The first-order valence-corrected chi connectivity index (χ1v) is 15.5. The normalized spacial score (nSPS) is 11.4. The van der Waals surface area contributed by atoms with E-state index in [4.69, 9.17) is 10.5 Å². The molecule has 0 spiro atoms. The molecule has 2 amide bonds. The van der Waals surface area contributed by atoms with E-state index in [0.29, 0.717) is 28.5 Å². The van der Waals surface area contributed by atoms with Crippen LogP contribution in [0.15, 0.2) is 76.4 Å². The van der Waals surface area contributed by atoms with Crippen LogP contribution < -0.4 is 26.0 Å². The van der Waals surface area contributed by atoms with Gasteiger partial charge in [0.15, 0.2) is 0 Å². The highest BCUT2D eigenvalue weighted by Gasteiger charge is 2.18. The maximum Gasteiger partial charge on any atom is 0.310 e. The lowest BCUT2D eigenvalue weighted by Crippen LogP contribution is -2.27. The summed E-state index contributed by atoms with van der Waals surface area (Å²) in [6, 6.07) is 15.2. The zero-order chi connectivity index (χ0) is 31.7. The minimum Gasteiger partial charge on any atom is -0.495 e. The molecule has 0 bridgehead atoms. The number of benzene rings is 2. The molecule has 0 unspecified atom stereocenters. The maximum atomic E-state index is 13.2. The molecule has 6 aromatic rings. The predicted octanol–water partition coefficient (Wildman–Crippen LogP) is 5.06. The third-order valence-corrected chi connectivity index (χ3v) is 9.19. The summed E-state index contributed by atoms with van der Waals surface area (Å²) >= 11 is 2.36. The number of carbonyl (C=O) groups excluding carboxylic acids is 2. The molecule has 228 valence electrons. The van der Waals surface area contributed by atoms with Crippen LogP contribution in [0.3, 0.4) is 0 Å². The molecule has 4 aromatic heterocycles. The van der Waals surface area contributed by atoms with Gasteiger partial charge in [0.1, 0.15) is 17.3 Å². The molecule has 13 heteroatoms. The summed E-state index contributed by atoms with van der Waals surface area (Å²) in [5.41, 5.74) is 10.7. The summed E-state index contributed by atoms with van der Waals surface area (Å²) in [7, 11) is 3.40. The lowest BCUT2D eigenvalue weighted by Gasteiger charge is -2.13. The van der Waals surface area contributed by atoms with Crippen molar-refractivity contribution in [3.63, 3.8) is 0 Å². The number of amides is 2. The predicted molar refractivity (Wildman–Crippen MR) is 179 cm³/mol. The monoisotopic (exact) mass is 640 g/mol. The van der Waals surface area contributed by atoms with Crippen molar-refractivity contribution in [3.05, 3.63) is 92.5 Å². The molecule has 45 heavy (non-hydrogen) atoms. The number of hydrogen-bond acceptors (Lipinski definition) is 9. The van der Waals surface area contributed by atoms with Gasteiger partial charge >= 0.3 is 4.87 Å². The van der Waals surface area contributed by atoms with Crippen LogP contribution in [-0.2, 0) is 18.4 Å². The minimum atomic E-state index is -0.356.